The standard InChI is InChI=1S/C19H19N3O5S/c1-4-26-18(24)15-13-10-28-16(20-19(25)27-5-2)14(13)17(23)22(21-15)12-8-6-7-11(3)9-12/h6-10H,4-5H2,1-3H3,(H,20,25). The molecule has 0 aliphatic heterocycles. The van der Waals surface area contributed by atoms with Gasteiger partial charge in [-0.05, 0) is 38.5 Å². The third-order valence-electron chi connectivity index (χ3n) is 3.86. The smallest absolute Gasteiger partial charge is 0.412 e. The van der Waals surface area contributed by atoms with Crippen molar-refractivity contribution in [1.82, 2.24) is 9.78 Å². The number of fused-ring (bicyclic) bond motifs is 1. The molecule has 0 saturated carbocycles. The van der Waals surface area contributed by atoms with Gasteiger partial charge in [-0.1, -0.05) is 12.1 Å². The van der Waals surface area contributed by atoms with E-state index in [0.29, 0.717) is 11.1 Å². The van der Waals surface area contributed by atoms with Crippen molar-refractivity contribution in [3.8, 4) is 5.69 Å². The third-order valence-corrected chi connectivity index (χ3v) is 4.75. The van der Waals surface area contributed by atoms with Gasteiger partial charge in [0.2, 0.25) is 0 Å². The molecule has 0 aliphatic carbocycles. The molecular weight excluding hydrogens is 382 g/mol. The number of anilines is 1. The Morgan fingerprint density at radius 3 is 2.64 bits per heavy atom. The fourth-order valence-electron chi connectivity index (χ4n) is 2.69. The molecule has 28 heavy (non-hydrogen) atoms. The van der Waals surface area contributed by atoms with E-state index in [0.717, 1.165) is 21.6 Å². The number of nitrogens with zero attached hydrogens (tertiary/aromatic N) is 2. The summed E-state index contributed by atoms with van der Waals surface area (Å²) in [5, 5.41) is 9.19. The first kappa shape index (κ1) is 19.6. The second kappa shape index (κ2) is 8.22. The van der Waals surface area contributed by atoms with Gasteiger partial charge in [-0.2, -0.15) is 9.78 Å². The molecule has 0 spiro atoms. The summed E-state index contributed by atoms with van der Waals surface area (Å²) in [6.07, 6.45) is -0.678. The van der Waals surface area contributed by atoms with Crippen molar-refractivity contribution in [1.29, 1.82) is 0 Å². The predicted molar refractivity (Wildman–Crippen MR) is 107 cm³/mol. The van der Waals surface area contributed by atoms with Gasteiger partial charge in [-0.25, -0.2) is 9.59 Å². The van der Waals surface area contributed by atoms with Crippen LogP contribution in [0.25, 0.3) is 16.5 Å². The van der Waals surface area contributed by atoms with Crippen molar-refractivity contribution in [2.75, 3.05) is 18.5 Å². The van der Waals surface area contributed by atoms with E-state index in [9.17, 15) is 14.4 Å². The number of aryl methyl sites for hydroxylation is 1. The molecule has 3 aromatic rings. The normalized spacial score (nSPS) is 10.7. The van der Waals surface area contributed by atoms with Gasteiger partial charge in [0, 0.05) is 10.8 Å². The Kier molecular flexibility index (Phi) is 5.74. The van der Waals surface area contributed by atoms with Crippen LogP contribution in [0.4, 0.5) is 9.80 Å². The van der Waals surface area contributed by atoms with E-state index in [1.165, 1.54) is 0 Å². The highest BCUT2D eigenvalue weighted by Gasteiger charge is 2.23. The fourth-order valence-corrected chi connectivity index (χ4v) is 3.61. The number of nitrogens with one attached hydrogen (secondary N) is 1. The van der Waals surface area contributed by atoms with Crippen molar-refractivity contribution in [3.63, 3.8) is 0 Å². The van der Waals surface area contributed by atoms with Crippen LogP contribution < -0.4 is 10.9 Å². The molecule has 0 unspecified atom stereocenters. The van der Waals surface area contributed by atoms with Gasteiger partial charge >= 0.3 is 12.1 Å². The molecule has 0 fully saturated rings. The van der Waals surface area contributed by atoms with Gasteiger partial charge in [0.25, 0.3) is 5.56 Å². The molecule has 1 aromatic carbocycles. The number of amides is 1. The van der Waals surface area contributed by atoms with E-state index < -0.39 is 17.6 Å². The van der Waals surface area contributed by atoms with Crippen molar-refractivity contribution in [2.24, 2.45) is 0 Å². The topological polar surface area (TPSA) is 99.5 Å². The Hall–Kier alpha value is -3.20. The van der Waals surface area contributed by atoms with E-state index in [1.54, 1.807) is 37.4 Å². The van der Waals surface area contributed by atoms with E-state index >= 15 is 0 Å². The van der Waals surface area contributed by atoms with Crippen LogP contribution in [0.1, 0.15) is 29.9 Å². The van der Waals surface area contributed by atoms with E-state index in [1.807, 2.05) is 13.0 Å². The number of rotatable bonds is 5. The van der Waals surface area contributed by atoms with Crippen LogP contribution in [0, 0.1) is 6.92 Å². The van der Waals surface area contributed by atoms with Gasteiger partial charge < -0.3 is 9.47 Å². The van der Waals surface area contributed by atoms with E-state index in [-0.39, 0.29) is 29.3 Å². The lowest BCUT2D eigenvalue weighted by Crippen LogP contribution is -2.25. The average molecular weight is 401 g/mol. The molecule has 1 amide bonds. The van der Waals surface area contributed by atoms with Crippen LogP contribution in [0.5, 0.6) is 0 Å². The first-order valence-electron chi connectivity index (χ1n) is 8.68. The maximum absolute atomic E-state index is 13.2. The Labute approximate surface area is 164 Å². The summed E-state index contributed by atoms with van der Waals surface area (Å²) in [4.78, 5) is 37.4. The predicted octanol–water partition coefficient (Wildman–Crippen LogP) is 3.50. The van der Waals surface area contributed by atoms with Crippen LogP contribution >= 0.6 is 11.3 Å². The van der Waals surface area contributed by atoms with Crippen LogP contribution in [-0.4, -0.2) is 35.1 Å². The summed E-state index contributed by atoms with van der Waals surface area (Å²) in [7, 11) is 0. The largest absolute Gasteiger partial charge is 0.461 e. The summed E-state index contributed by atoms with van der Waals surface area (Å²) < 4.78 is 11.1. The highest BCUT2D eigenvalue weighted by atomic mass is 32.1. The molecular formula is C19H19N3O5S. The Balaban J connectivity index is 2.26. The molecule has 0 radical (unpaired) electrons. The van der Waals surface area contributed by atoms with Gasteiger partial charge in [-0.3, -0.25) is 10.1 Å². The van der Waals surface area contributed by atoms with Gasteiger partial charge in [-0.15, -0.1) is 11.3 Å². The highest BCUT2D eigenvalue weighted by Crippen LogP contribution is 2.30. The zero-order valence-electron chi connectivity index (χ0n) is 15.6. The lowest BCUT2D eigenvalue weighted by molar-refractivity contribution is 0.0520. The highest BCUT2D eigenvalue weighted by molar-refractivity contribution is 7.16. The monoisotopic (exact) mass is 401 g/mol. The molecule has 0 saturated heterocycles. The maximum Gasteiger partial charge on any atom is 0.412 e. The first-order valence-corrected chi connectivity index (χ1v) is 9.56. The summed E-state index contributed by atoms with van der Waals surface area (Å²) in [5.74, 6) is -0.644. The summed E-state index contributed by atoms with van der Waals surface area (Å²) in [5.41, 5.74) is 0.984. The number of carbonyl (C=O) groups is 2. The number of carbonyl (C=O) groups excluding carboxylic acids is 2. The number of hydrogen-bond acceptors (Lipinski definition) is 7. The number of esters is 1. The van der Waals surface area contributed by atoms with E-state index in [2.05, 4.69) is 10.4 Å². The van der Waals surface area contributed by atoms with Gasteiger partial charge in [0.15, 0.2) is 5.69 Å². The van der Waals surface area contributed by atoms with Crippen molar-refractivity contribution >= 4 is 39.2 Å². The molecule has 0 aliphatic rings. The summed E-state index contributed by atoms with van der Waals surface area (Å²) >= 11 is 1.11. The number of thiophene rings is 1. The lowest BCUT2D eigenvalue weighted by Gasteiger charge is -2.10. The molecule has 2 heterocycles. The number of benzene rings is 1. The molecule has 0 atom stereocenters. The summed E-state index contributed by atoms with van der Waals surface area (Å²) in [6, 6.07) is 7.17. The Morgan fingerprint density at radius 2 is 1.96 bits per heavy atom. The van der Waals surface area contributed by atoms with Crippen molar-refractivity contribution < 1.29 is 19.1 Å². The molecule has 8 nitrogen and oxygen atoms in total. The first-order chi connectivity index (χ1) is 13.5. The SMILES string of the molecule is CCOC(=O)Nc1scc2c(C(=O)OCC)nn(-c3cccc(C)c3)c(=O)c12. The second-order valence-corrected chi connectivity index (χ2v) is 6.70. The zero-order valence-corrected chi connectivity index (χ0v) is 16.5. The van der Waals surface area contributed by atoms with E-state index in [4.69, 9.17) is 9.47 Å². The molecule has 146 valence electrons. The molecule has 0 bridgehead atoms. The van der Waals surface area contributed by atoms with Gasteiger partial charge in [0.05, 0.1) is 24.3 Å². The fraction of sp³-hybridized carbons (Fsp3) is 0.263. The Morgan fingerprint density at radius 1 is 1.21 bits per heavy atom. The van der Waals surface area contributed by atoms with Crippen LogP contribution in [-0.2, 0) is 9.47 Å². The number of hydrogen-bond donors (Lipinski definition) is 1. The van der Waals surface area contributed by atoms with Crippen molar-refractivity contribution in [3.05, 3.63) is 51.3 Å². The zero-order chi connectivity index (χ0) is 20.3. The average Bonchev–Trinajstić information content (AvgIpc) is 3.06. The van der Waals surface area contributed by atoms with Crippen LogP contribution in [0.3, 0.4) is 0 Å². The molecule has 9 heteroatoms. The maximum atomic E-state index is 13.2. The summed E-state index contributed by atoms with van der Waals surface area (Å²) in [6.45, 7) is 5.62. The lowest BCUT2D eigenvalue weighted by atomic mass is 10.2. The quantitative estimate of drug-likeness (QED) is 0.657. The minimum Gasteiger partial charge on any atom is -0.461 e. The Bertz CT molecular complexity index is 1100. The molecule has 2 aromatic heterocycles. The van der Waals surface area contributed by atoms with Crippen LogP contribution in [0.2, 0.25) is 0 Å². The molecule has 3 rings (SSSR count). The minimum atomic E-state index is -0.678. The minimum absolute atomic E-state index is 0.00566. The number of aromatic nitrogens is 2. The second-order valence-electron chi connectivity index (χ2n) is 5.82. The number of ether oxygens (including phenoxy) is 2. The molecule has 1 N–H and O–H groups in total. The van der Waals surface area contributed by atoms with Crippen LogP contribution in [0.15, 0.2) is 34.4 Å². The third kappa shape index (κ3) is 3.74. The van der Waals surface area contributed by atoms with Gasteiger partial charge in [0.1, 0.15) is 5.00 Å². The van der Waals surface area contributed by atoms with Crippen molar-refractivity contribution in [2.45, 2.75) is 20.8 Å².